The van der Waals surface area contributed by atoms with Crippen LogP contribution in [0.25, 0.3) is 0 Å². The number of carbonyl (C=O) groups excluding carboxylic acids is 1. The maximum atomic E-state index is 11.7. The van der Waals surface area contributed by atoms with Gasteiger partial charge in [0, 0.05) is 26.2 Å². The molecule has 1 heterocycles. The zero-order valence-corrected chi connectivity index (χ0v) is 11.2. The highest BCUT2D eigenvalue weighted by Crippen LogP contribution is 2.09. The summed E-state index contributed by atoms with van der Waals surface area (Å²) >= 11 is 0. The van der Waals surface area contributed by atoms with E-state index < -0.39 is 10.0 Å². The summed E-state index contributed by atoms with van der Waals surface area (Å²) in [5.74, 6) is 0.104. The third-order valence-corrected chi connectivity index (χ3v) is 4.62. The topological polar surface area (TPSA) is 66.9 Å². The molecule has 1 amide bonds. The lowest BCUT2D eigenvalue weighted by Crippen LogP contribution is -2.38. The summed E-state index contributed by atoms with van der Waals surface area (Å²) in [5.41, 5.74) is 0. The molecule has 0 radical (unpaired) electrons. The van der Waals surface area contributed by atoms with Crippen molar-refractivity contribution in [2.45, 2.75) is 20.3 Å². The summed E-state index contributed by atoms with van der Waals surface area (Å²) in [7, 11) is -3.15. The number of rotatable bonds is 3. The minimum atomic E-state index is -3.15. The van der Waals surface area contributed by atoms with E-state index in [1.165, 1.54) is 4.31 Å². The van der Waals surface area contributed by atoms with Crippen molar-refractivity contribution < 1.29 is 17.9 Å². The number of ether oxygens (including phenoxy) is 1. The molecule has 6 nitrogen and oxygen atoms in total. The lowest BCUT2D eigenvalue weighted by molar-refractivity contribution is 0.109. The fourth-order valence-electron chi connectivity index (χ4n) is 1.75. The zero-order chi connectivity index (χ0) is 12.9. The summed E-state index contributed by atoms with van der Waals surface area (Å²) in [6.45, 7) is 5.51. The van der Waals surface area contributed by atoms with Crippen molar-refractivity contribution >= 4 is 16.1 Å². The first-order chi connectivity index (χ1) is 8.01. The standard InChI is InChI=1S/C10H20N2O4S/c1-3-16-10(13)11-6-5-7-12(9-8-11)17(14,15)4-2/h3-9H2,1-2H3. The molecule has 1 aliphatic heterocycles. The van der Waals surface area contributed by atoms with E-state index in [-0.39, 0.29) is 11.8 Å². The van der Waals surface area contributed by atoms with Gasteiger partial charge in [-0.1, -0.05) is 0 Å². The minimum absolute atomic E-state index is 0.104. The number of hydrogen-bond donors (Lipinski definition) is 0. The molecule has 0 aromatic rings. The van der Waals surface area contributed by atoms with Crippen molar-refractivity contribution in [3.05, 3.63) is 0 Å². The molecular weight excluding hydrogens is 244 g/mol. The number of hydrogen-bond acceptors (Lipinski definition) is 4. The van der Waals surface area contributed by atoms with Crippen molar-refractivity contribution in [1.29, 1.82) is 0 Å². The molecule has 7 heteroatoms. The first kappa shape index (κ1) is 14.2. The first-order valence-electron chi connectivity index (χ1n) is 5.90. The highest BCUT2D eigenvalue weighted by molar-refractivity contribution is 7.89. The van der Waals surface area contributed by atoms with E-state index in [1.54, 1.807) is 18.7 Å². The van der Waals surface area contributed by atoms with Gasteiger partial charge in [0.2, 0.25) is 10.0 Å². The molecule has 0 aromatic carbocycles. The average molecular weight is 264 g/mol. The number of nitrogens with zero attached hydrogens (tertiary/aromatic N) is 2. The smallest absolute Gasteiger partial charge is 0.409 e. The van der Waals surface area contributed by atoms with E-state index in [4.69, 9.17) is 4.74 Å². The molecule has 1 rings (SSSR count). The Hall–Kier alpha value is -0.820. The van der Waals surface area contributed by atoms with Crippen LogP contribution in [0.2, 0.25) is 0 Å². The molecule has 1 saturated heterocycles. The largest absolute Gasteiger partial charge is 0.450 e. The fourth-order valence-corrected chi connectivity index (χ4v) is 2.88. The van der Waals surface area contributed by atoms with Crippen LogP contribution in [-0.2, 0) is 14.8 Å². The van der Waals surface area contributed by atoms with Gasteiger partial charge in [-0.25, -0.2) is 17.5 Å². The molecule has 0 unspecified atom stereocenters. The van der Waals surface area contributed by atoms with Gasteiger partial charge >= 0.3 is 6.09 Å². The summed E-state index contributed by atoms with van der Waals surface area (Å²) in [4.78, 5) is 13.1. The Labute approximate surface area is 103 Å². The van der Waals surface area contributed by atoms with E-state index in [9.17, 15) is 13.2 Å². The number of amides is 1. The molecule has 0 N–H and O–H groups in total. The van der Waals surface area contributed by atoms with Crippen LogP contribution in [0.15, 0.2) is 0 Å². The van der Waals surface area contributed by atoms with Gasteiger partial charge in [-0.05, 0) is 20.3 Å². The van der Waals surface area contributed by atoms with Crippen LogP contribution in [-0.4, -0.2) is 62.3 Å². The van der Waals surface area contributed by atoms with Gasteiger partial charge in [0.1, 0.15) is 0 Å². The van der Waals surface area contributed by atoms with Gasteiger partial charge in [-0.2, -0.15) is 0 Å². The SMILES string of the molecule is CCOC(=O)N1CCCN(S(=O)(=O)CC)CC1. The van der Waals surface area contributed by atoms with Crippen LogP contribution in [0.1, 0.15) is 20.3 Å². The molecule has 0 spiro atoms. The van der Waals surface area contributed by atoms with Crippen molar-refractivity contribution in [3.8, 4) is 0 Å². The average Bonchev–Trinajstić information content (AvgIpc) is 2.55. The van der Waals surface area contributed by atoms with Gasteiger partial charge < -0.3 is 9.64 Å². The quantitative estimate of drug-likeness (QED) is 0.744. The van der Waals surface area contributed by atoms with E-state index in [2.05, 4.69) is 0 Å². The molecule has 0 saturated carbocycles. The van der Waals surface area contributed by atoms with Gasteiger partial charge in [-0.15, -0.1) is 0 Å². The van der Waals surface area contributed by atoms with E-state index in [0.717, 1.165) is 0 Å². The van der Waals surface area contributed by atoms with Gasteiger partial charge in [0.15, 0.2) is 0 Å². The number of sulfonamides is 1. The molecule has 0 atom stereocenters. The van der Waals surface area contributed by atoms with Crippen LogP contribution in [0, 0.1) is 0 Å². The Morgan fingerprint density at radius 1 is 1.18 bits per heavy atom. The molecule has 1 fully saturated rings. The summed E-state index contributed by atoms with van der Waals surface area (Å²) in [6, 6.07) is 0. The second kappa shape index (κ2) is 6.20. The van der Waals surface area contributed by atoms with E-state index in [1.807, 2.05) is 0 Å². The monoisotopic (exact) mass is 264 g/mol. The van der Waals surface area contributed by atoms with Crippen LogP contribution in [0.3, 0.4) is 0 Å². The van der Waals surface area contributed by atoms with Gasteiger partial charge in [0.05, 0.1) is 12.4 Å². The Balaban J connectivity index is 2.59. The normalized spacial score (nSPS) is 18.8. The Morgan fingerprint density at radius 2 is 1.88 bits per heavy atom. The molecule has 17 heavy (non-hydrogen) atoms. The fraction of sp³-hybridized carbons (Fsp3) is 0.900. The minimum Gasteiger partial charge on any atom is -0.450 e. The summed E-state index contributed by atoms with van der Waals surface area (Å²) in [5, 5.41) is 0. The van der Waals surface area contributed by atoms with Crippen molar-refractivity contribution in [2.24, 2.45) is 0 Å². The van der Waals surface area contributed by atoms with Gasteiger partial charge in [-0.3, -0.25) is 0 Å². The molecule has 0 aromatic heterocycles. The van der Waals surface area contributed by atoms with E-state index >= 15 is 0 Å². The highest BCUT2D eigenvalue weighted by Gasteiger charge is 2.25. The third kappa shape index (κ3) is 3.85. The predicted molar refractivity (Wildman–Crippen MR) is 64.2 cm³/mol. The lowest BCUT2D eigenvalue weighted by atomic mass is 10.4. The second-order valence-electron chi connectivity index (χ2n) is 3.84. The third-order valence-electron chi connectivity index (χ3n) is 2.74. The maximum Gasteiger partial charge on any atom is 0.409 e. The van der Waals surface area contributed by atoms with Crippen LogP contribution < -0.4 is 0 Å². The van der Waals surface area contributed by atoms with Crippen molar-refractivity contribution in [2.75, 3.05) is 38.5 Å². The lowest BCUT2D eigenvalue weighted by Gasteiger charge is -2.20. The first-order valence-corrected chi connectivity index (χ1v) is 7.51. The van der Waals surface area contributed by atoms with Crippen LogP contribution in [0.4, 0.5) is 4.79 Å². The molecule has 0 aliphatic carbocycles. The Kier molecular flexibility index (Phi) is 5.20. The predicted octanol–water partition coefficient (Wildman–Crippen LogP) is 0.500. The zero-order valence-electron chi connectivity index (χ0n) is 10.4. The molecular formula is C10H20N2O4S. The van der Waals surface area contributed by atoms with Crippen LogP contribution in [0.5, 0.6) is 0 Å². The van der Waals surface area contributed by atoms with Crippen molar-refractivity contribution in [1.82, 2.24) is 9.21 Å². The maximum absolute atomic E-state index is 11.7. The second-order valence-corrected chi connectivity index (χ2v) is 6.10. The molecule has 1 aliphatic rings. The van der Waals surface area contributed by atoms with E-state index in [0.29, 0.717) is 39.2 Å². The number of carbonyl (C=O) groups is 1. The Morgan fingerprint density at radius 3 is 2.47 bits per heavy atom. The molecule has 0 bridgehead atoms. The summed E-state index contributed by atoms with van der Waals surface area (Å²) < 4.78 is 29.8. The highest BCUT2D eigenvalue weighted by atomic mass is 32.2. The molecule has 100 valence electrons. The Bertz CT molecular complexity index is 355. The van der Waals surface area contributed by atoms with Crippen LogP contribution >= 0.6 is 0 Å². The van der Waals surface area contributed by atoms with Gasteiger partial charge in [0.25, 0.3) is 0 Å². The summed E-state index contributed by atoms with van der Waals surface area (Å²) in [6.07, 6.45) is 0.293. The van der Waals surface area contributed by atoms with Crippen molar-refractivity contribution in [3.63, 3.8) is 0 Å².